The molecule has 0 aromatic carbocycles. The molecule has 3 rings (SSSR count). The summed E-state index contributed by atoms with van der Waals surface area (Å²) < 4.78 is 44.1. The average molecular weight is 404 g/mol. The predicted octanol–water partition coefficient (Wildman–Crippen LogP) is -2.10. The quantitative estimate of drug-likeness (QED) is 0.240. The first-order valence-corrected chi connectivity index (χ1v) is 9.40. The molecule has 1 aliphatic heterocycles. The maximum atomic E-state index is 10.8. The Hall–Kier alpha value is -1.94. The van der Waals surface area contributed by atoms with E-state index in [-0.39, 0.29) is 0 Å². The SMILES string of the molecule is COCCNc1ncnc2c1ncn2[C@@H]1O[C@H](CNS(=O)(=O)O)[C@@H](O)[C@H]1O. The van der Waals surface area contributed by atoms with Crippen molar-refractivity contribution in [3.05, 3.63) is 12.7 Å². The fourth-order valence-electron chi connectivity index (χ4n) is 2.75. The maximum absolute atomic E-state index is 10.8. The van der Waals surface area contributed by atoms with Gasteiger partial charge in [-0.1, -0.05) is 0 Å². The third kappa shape index (κ3) is 4.32. The lowest BCUT2D eigenvalue weighted by Gasteiger charge is -2.16. The Morgan fingerprint density at radius 2 is 2.07 bits per heavy atom. The number of rotatable bonds is 8. The summed E-state index contributed by atoms with van der Waals surface area (Å²) in [7, 11) is -2.88. The summed E-state index contributed by atoms with van der Waals surface area (Å²) in [6.07, 6.45) is -2.20. The largest absolute Gasteiger partial charge is 0.387 e. The third-order valence-corrected chi connectivity index (χ3v) is 4.57. The van der Waals surface area contributed by atoms with Gasteiger partial charge in [-0.15, -0.1) is 0 Å². The Morgan fingerprint density at radius 3 is 2.78 bits per heavy atom. The van der Waals surface area contributed by atoms with Gasteiger partial charge in [-0.25, -0.2) is 15.0 Å². The number of ether oxygens (including phenoxy) is 2. The summed E-state index contributed by atoms with van der Waals surface area (Å²) in [6.45, 7) is 0.546. The van der Waals surface area contributed by atoms with Crippen molar-refractivity contribution in [1.29, 1.82) is 0 Å². The number of hydrogen-bond acceptors (Lipinski definition) is 10. The molecule has 3 heterocycles. The molecule has 150 valence electrons. The van der Waals surface area contributed by atoms with Crippen LogP contribution in [-0.2, 0) is 19.8 Å². The van der Waals surface area contributed by atoms with Gasteiger partial charge in [-0.3, -0.25) is 9.12 Å². The van der Waals surface area contributed by atoms with Crippen molar-refractivity contribution in [3.63, 3.8) is 0 Å². The zero-order valence-corrected chi connectivity index (χ0v) is 15.1. The number of fused-ring (bicyclic) bond motifs is 1. The number of hydrogen-bond donors (Lipinski definition) is 5. The van der Waals surface area contributed by atoms with E-state index in [1.54, 1.807) is 7.11 Å². The zero-order valence-electron chi connectivity index (χ0n) is 14.3. The van der Waals surface area contributed by atoms with Crippen LogP contribution in [0.15, 0.2) is 12.7 Å². The first-order chi connectivity index (χ1) is 12.8. The van der Waals surface area contributed by atoms with Gasteiger partial charge in [-0.05, 0) is 0 Å². The number of aromatic nitrogens is 4. The van der Waals surface area contributed by atoms with E-state index in [4.69, 9.17) is 14.0 Å². The molecule has 2 aromatic heterocycles. The Labute approximate surface area is 154 Å². The van der Waals surface area contributed by atoms with Crippen LogP contribution < -0.4 is 10.0 Å². The van der Waals surface area contributed by atoms with Crippen LogP contribution in [-0.4, -0.2) is 87.8 Å². The molecule has 0 aliphatic carbocycles. The molecule has 0 saturated carbocycles. The predicted molar refractivity (Wildman–Crippen MR) is 91.2 cm³/mol. The lowest BCUT2D eigenvalue weighted by atomic mass is 10.1. The van der Waals surface area contributed by atoms with E-state index in [9.17, 15) is 18.6 Å². The highest BCUT2D eigenvalue weighted by molar-refractivity contribution is 7.83. The van der Waals surface area contributed by atoms with E-state index in [2.05, 4.69) is 20.3 Å². The molecule has 4 atom stereocenters. The molecule has 0 bridgehead atoms. The molecule has 1 saturated heterocycles. The second-order valence-corrected chi connectivity index (χ2v) is 7.07. The van der Waals surface area contributed by atoms with Crippen molar-refractivity contribution in [3.8, 4) is 0 Å². The van der Waals surface area contributed by atoms with Gasteiger partial charge in [0.25, 0.3) is 0 Å². The highest BCUT2D eigenvalue weighted by Crippen LogP contribution is 2.32. The van der Waals surface area contributed by atoms with Gasteiger partial charge >= 0.3 is 10.3 Å². The fraction of sp³-hybridized carbons (Fsp3) is 0.615. The van der Waals surface area contributed by atoms with Gasteiger partial charge in [0.05, 0.1) is 12.9 Å². The normalized spacial score (nSPS) is 25.9. The molecule has 13 nitrogen and oxygen atoms in total. The van der Waals surface area contributed by atoms with Crippen molar-refractivity contribution in [2.24, 2.45) is 0 Å². The number of imidazole rings is 1. The molecule has 1 aliphatic rings. The van der Waals surface area contributed by atoms with E-state index in [0.717, 1.165) is 0 Å². The minimum atomic E-state index is -4.46. The van der Waals surface area contributed by atoms with Gasteiger partial charge in [0.1, 0.15) is 24.6 Å². The second-order valence-electron chi connectivity index (χ2n) is 5.84. The van der Waals surface area contributed by atoms with Crippen LogP contribution in [0.25, 0.3) is 11.2 Å². The summed E-state index contributed by atoms with van der Waals surface area (Å²) >= 11 is 0. The van der Waals surface area contributed by atoms with E-state index >= 15 is 0 Å². The summed E-state index contributed by atoms with van der Waals surface area (Å²) in [5.74, 6) is 0.466. The Balaban J connectivity index is 1.81. The molecule has 0 spiro atoms. The Bertz CT molecular complexity index is 890. The minimum Gasteiger partial charge on any atom is -0.387 e. The number of aliphatic hydroxyl groups excluding tert-OH is 2. The van der Waals surface area contributed by atoms with E-state index in [1.165, 1.54) is 17.2 Å². The Morgan fingerprint density at radius 1 is 1.30 bits per heavy atom. The zero-order chi connectivity index (χ0) is 19.6. The lowest BCUT2D eigenvalue weighted by molar-refractivity contribution is -0.0331. The number of anilines is 1. The molecule has 0 amide bonds. The van der Waals surface area contributed by atoms with Crippen molar-refractivity contribution < 1.29 is 32.7 Å². The molecule has 14 heteroatoms. The van der Waals surface area contributed by atoms with Crippen LogP contribution in [0.3, 0.4) is 0 Å². The van der Waals surface area contributed by atoms with E-state index in [0.29, 0.717) is 30.1 Å². The molecular weight excluding hydrogens is 384 g/mol. The smallest absolute Gasteiger partial charge is 0.333 e. The highest BCUT2D eigenvalue weighted by atomic mass is 32.2. The molecule has 27 heavy (non-hydrogen) atoms. The second kappa shape index (κ2) is 7.97. The van der Waals surface area contributed by atoms with Gasteiger partial charge in [0, 0.05) is 20.2 Å². The lowest BCUT2D eigenvalue weighted by Crippen LogP contribution is -2.39. The molecule has 0 radical (unpaired) electrons. The first kappa shape index (κ1) is 19.8. The van der Waals surface area contributed by atoms with Crippen LogP contribution in [0.2, 0.25) is 0 Å². The summed E-state index contributed by atoms with van der Waals surface area (Å²) in [5.41, 5.74) is 0.781. The van der Waals surface area contributed by atoms with Crippen molar-refractivity contribution >= 4 is 27.3 Å². The van der Waals surface area contributed by atoms with Gasteiger partial charge in [0.15, 0.2) is 23.2 Å². The third-order valence-electron chi connectivity index (χ3n) is 4.04. The summed E-state index contributed by atoms with van der Waals surface area (Å²) in [6, 6.07) is 0. The van der Waals surface area contributed by atoms with E-state index in [1.807, 2.05) is 4.72 Å². The molecule has 2 aromatic rings. The highest BCUT2D eigenvalue weighted by Gasteiger charge is 2.44. The number of nitrogens with one attached hydrogen (secondary N) is 2. The van der Waals surface area contributed by atoms with E-state index < -0.39 is 41.4 Å². The van der Waals surface area contributed by atoms with Crippen molar-refractivity contribution in [1.82, 2.24) is 24.2 Å². The maximum Gasteiger partial charge on any atom is 0.333 e. The van der Waals surface area contributed by atoms with Gasteiger partial charge < -0.3 is 25.0 Å². The summed E-state index contributed by atoms with van der Waals surface area (Å²) in [5, 5.41) is 23.5. The molecule has 5 N–H and O–H groups in total. The van der Waals surface area contributed by atoms with Gasteiger partial charge in [-0.2, -0.15) is 13.1 Å². The fourth-order valence-corrected chi connectivity index (χ4v) is 3.13. The van der Waals surface area contributed by atoms with Crippen molar-refractivity contribution in [2.45, 2.75) is 24.5 Å². The number of nitrogens with zero attached hydrogens (tertiary/aromatic N) is 4. The van der Waals surface area contributed by atoms with Gasteiger partial charge in [0.2, 0.25) is 0 Å². The number of methoxy groups -OCH3 is 1. The molecule has 1 fully saturated rings. The minimum absolute atomic E-state index is 0.351. The topological polar surface area (TPSA) is 181 Å². The molecular formula is C13H20N6O7S. The van der Waals surface area contributed by atoms with Crippen LogP contribution in [0.4, 0.5) is 5.82 Å². The average Bonchev–Trinajstić information content (AvgIpc) is 3.16. The van der Waals surface area contributed by atoms with Crippen LogP contribution >= 0.6 is 0 Å². The monoisotopic (exact) mass is 404 g/mol. The van der Waals surface area contributed by atoms with Crippen molar-refractivity contribution in [2.75, 3.05) is 32.1 Å². The van der Waals surface area contributed by atoms with Crippen LogP contribution in [0, 0.1) is 0 Å². The summed E-state index contributed by atoms with van der Waals surface area (Å²) in [4.78, 5) is 12.5. The first-order valence-electron chi connectivity index (χ1n) is 7.96. The standard InChI is InChI=1S/C13H20N6O7S/c1-25-3-2-14-11-8-12(16-5-15-11)19(6-17-8)13-10(21)9(20)7(26-13)4-18-27(22,23)24/h5-7,9-10,13,18,20-21H,2-4H2,1H3,(H,14,15,16)(H,22,23,24)/t7-,9-,10-,13-/m1/s1. The van der Waals surface area contributed by atoms with Crippen LogP contribution in [0.1, 0.15) is 6.23 Å². The van der Waals surface area contributed by atoms with Crippen LogP contribution in [0.5, 0.6) is 0 Å². The molecule has 0 unspecified atom stereocenters. The Kier molecular flexibility index (Phi) is 5.85. The number of aliphatic hydroxyl groups is 2.